The summed E-state index contributed by atoms with van der Waals surface area (Å²) in [5.74, 6) is -2.20. The van der Waals surface area contributed by atoms with E-state index in [-0.39, 0.29) is 15.9 Å². The SMILES string of the molecule is CC(C)(C)C(CCCl)NC(=O)c1c(F)cc(Br)cc1F. The Labute approximate surface area is 131 Å². The van der Waals surface area contributed by atoms with Gasteiger partial charge in [0.1, 0.15) is 17.2 Å². The molecule has 1 aromatic carbocycles. The van der Waals surface area contributed by atoms with Crippen molar-refractivity contribution in [3.8, 4) is 0 Å². The van der Waals surface area contributed by atoms with Crippen LogP contribution in [0.25, 0.3) is 0 Å². The number of benzene rings is 1. The maximum absolute atomic E-state index is 13.7. The molecule has 0 aromatic heterocycles. The number of halogens is 4. The van der Waals surface area contributed by atoms with E-state index in [1.165, 1.54) is 0 Å². The predicted octanol–water partition coefficient (Wildman–Crippen LogP) is 4.50. The van der Waals surface area contributed by atoms with Gasteiger partial charge in [-0.25, -0.2) is 8.78 Å². The first kappa shape index (κ1) is 17.4. The standard InChI is InChI=1S/C14H17BrClF2NO/c1-14(2,3)11(4-5-16)19-13(20)12-9(17)6-8(15)7-10(12)18/h6-7,11H,4-5H2,1-3H3,(H,19,20). The van der Waals surface area contributed by atoms with Crippen LogP contribution in [0.1, 0.15) is 37.6 Å². The summed E-state index contributed by atoms with van der Waals surface area (Å²) in [7, 11) is 0. The Morgan fingerprint density at radius 3 is 2.25 bits per heavy atom. The lowest BCUT2D eigenvalue weighted by Gasteiger charge is -2.31. The van der Waals surface area contributed by atoms with Gasteiger partial charge >= 0.3 is 0 Å². The van der Waals surface area contributed by atoms with E-state index in [0.29, 0.717) is 12.3 Å². The van der Waals surface area contributed by atoms with Gasteiger partial charge in [-0.3, -0.25) is 4.79 Å². The molecule has 112 valence electrons. The Balaban J connectivity index is 3.01. The van der Waals surface area contributed by atoms with Crippen LogP contribution in [0.3, 0.4) is 0 Å². The van der Waals surface area contributed by atoms with Gasteiger partial charge in [-0.2, -0.15) is 0 Å². The van der Waals surface area contributed by atoms with Crippen molar-refractivity contribution in [3.05, 3.63) is 33.8 Å². The van der Waals surface area contributed by atoms with Crippen LogP contribution >= 0.6 is 27.5 Å². The highest BCUT2D eigenvalue weighted by Gasteiger charge is 2.28. The molecule has 0 saturated heterocycles. The van der Waals surface area contributed by atoms with Gasteiger partial charge in [0.2, 0.25) is 0 Å². The summed E-state index contributed by atoms with van der Waals surface area (Å²) in [4.78, 5) is 12.1. The van der Waals surface area contributed by atoms with Crippen LogP contribution in [0.15, 0.2) is 16.6 Å². The molecule has 1 N–H and O–H groups in total. The van der Waals surface area contributed by atoms with Crippen LogP contribution in [0.4, 0.5) is 8.78 Å². The van der Waals surface area contributed by atoms with E-state index >= 15 is 0 Å². The molecule has 1 atom stereocenters. The van der Waals surface area contributed by atoms with Crippen molar-refractivity contribution in [2.75, 3.05) is 5.88 Å². The summed E-state index contributed by atoms with van der Waals surface area (Å²) >= 11 is 8.68. The molecule has 0 spiro atoms. The van der Waals surface area contributed by atoms with Crippen LogP contribution in [0.2, 0.25) is 0 Å². The molecule has 1 amide bonds. The normalized spacial score (nSPS) is 13.2. The van der Waals surface area contributed by atoms with E-state index in [0.717, 1.165) is 12.1 Å². The summed E-state index contributed by atoms with van der Waals surface area (Å²) in [6, 6.07) is 1.85. The van der Waals surface area contributed by atoms with Crippen LogP contribution in [0.5, 0.6) is 0 Å². The third kappa shape index (κ3) is 4.42. The summed E-state index contributed by atoms with van der Waals surface area (Å²) in [5.41, 5.74) is -0.829. The minimum Gasteiger partial charge on any atom is -0.349 e. The number of rotatable bonds is 4. The minimum absolute atomic E-state index is 0.247. The lowest BCUT2D eigenvalue weighted by molar-refractivity contribution is 0.0892. The molecule has 1 rings (SSSR count). The molecular formula is C14H17BrClF2NO. The predicted molar refractivity (Wildman–Crippen MR) is 80.1 cm³/mol. The van der Waals surface area contributed by atoms with E-state index in [1.807, 2.05) is 20.8 Å². The number of carbonyl (C=O) groups excluding carboxylic acids is 1. The topological polar surface area (TPSA) is 29.1 Å². The van der Waals surface area contributed by atoms with Crippen LogP contribution in [0, 0.1) is 17.0 Å². The van der Waals surface area contributed by atoms with E-state index in [9.17, 15) is 13.6 Å². The van der Waals surface area contributed by atoms with Crippen molar-refractivity contribution in [1.82, 2.24) is 5.32 Å². The molecule has 0 saturated carbocycles. The highest BCUT2D eigenvalue weighted by Crippen LogP contribution is 2.24. The minimum atomic E-state index is -0.895. The summed E-state index contributed by atoms with van der Waals surface area (Å²) in [5, 5.41) is 2.66. The van der Waals surface area contributed by atoms with Crippen LogP contribution in [-0.4, -0.2) is 17.8 Å². The van der Waals surface area contributed by atoms with Gasteiger partial charge in [-0.15, -0.1) is 11.6 Å². The van der Waals surface area contributed by atoms with E-state index in [1.54, 1.807) is 0 Å². The van der Waals surface area contributed by atoms with E-state index in [4.69, 9.17) is 11.6 Å². The second kappa shape index (κ2) is 6.85. The fraction of sp³-hybridized carbons (Fsp3) is 0.500. The van der Waals surface area contributed by atoms with E-state index < -0.39 is 23.1 Å². The molecule has 1 aromatic rings. The first-order valence-corrected chi connectivity index (χ1v) is 7.51. The van der Waals surface area contributed by atoms with Gasteiger partial charge in [0, 0.05) is 16.4 Å². The molecular weight excluding hydrogens is 352 g/mol. The molecule has 0 aliphatic carbocycles. The van der Waals surface area contributed by atoms with Gasteiger partial charge < -0.3 is 5.32 Å². The highest BCUT2D eigenvalue weighted by atomic mass is 79.9. The second-order valence-electron chi connectivity index (χ2n) is 5.61. The fourth-order valence-corrected chi connectivity index (χ4v) is 2.44. The third-order valence-corrected chi connectivity index (χ3v) is 3.66. The fourth-order valence-electron chi connectivity index (χ4n) is 1.82. The molecule has 0 radical (unpaired) electrons. The Hall–Kier alpha value is -0.680. The molecule has 1 unspecified atom stereocenters. The van der Waals surface area contributed by atoms with Gasteiger partial charge in [0.05, 0.1) is 0 Å². The average molecular weight is 369 g/mol. The van der Waals surface area contributed by atoms with Crippen molar-refractivity contribution in [1.29, 1.82) is 0 Å². The van der Waals surface area contributed by atoms with Gasteiger partial charge in [-0.1, -0.05) is 36.7 Å². The maximum atomic E-state index is 13.7. The zero-order chi connectivity index (χ0) is 15.5. The zero-order valence-electron chi connectivity index (χ0n) is 11.6. The number of amides is 1. The first-order valence-electron chi connectivity index (χ1n) is 6.18. The van der Waals surface area contributed by atoms with Gasteiger partial charge in [0.25, 0.3) is 5.91 Å². The largest absolute Gasteiger partial charge is 0.349 e. The maximum Gasteiger partial charge on any atom is 0.257 e. The molecule has 0 heterocycles. The number of carbonyl (C=O) groups is 1. The Morgan fingerprint density at radius 2 is 1.85 bits per heavy atom. The van der Waals surface area contributed by atoms with Crippen molar-refractivity contribution in [2.45, 2.75) is 33.2 Å². The molecule has 6 heteroatoms. The Morgan fingerprint density at radius 1 is 1.35 bits per heavy atom. The lowest BCUT2D eigenvalue weighted by atomic mass is 9.85. The molecule has 0 fully saturated rings. The molecule has 0 bridgehead atoms. The summed E-state index contributed by atoms with van der Waals surface area (Å²) in [6.45, 7) is 5.79. The third-order valence-electron chi connectivity index (χ3n) is 2.98. The van der Waals surface area contributed by atoms with Crippen molar-refractivity contribution in [2.24, 2.45) is 5.41 Å². The smallest absolute Gasteiger partial charge is 0.257 e. The monoisotopic (exact) mass is 367 g/mol. The number of hydrogen-bond donors (Lipinski definition) is 1. The quantitative estimate of drug-likeness (QED) is 0.779. The van der Waals surface area contributed by atoms with Gasteiger partial charge in [-0.05, 0) is 24.0 Å². The Bertz CT molecular complexity index is 479. The zero-order valence-corrected chi connectivity index (χ0v) is 13.9. The van der Waals surface area contributed by atoms with E-state index in [2.05, 4.69) is 21.2 Å². The van der Waals surface area contributed by atoms with Crippen LogP contribution < -0.4 is 5.32 Å². The van der Waals surface area contributed by atoms with Crippen molar-refractivity contribution in [3.63, 3.8) is 0 Å². The second-order valence-corrected chi connectivity index (χ2v) is 6.91. The lowest BCUT2D eigenvalue weighted by Crippen LogP contribution is -2.44. The number of alkyl halides is 1. The van der Waals surface area contributed by atoms with Crippen molar-refractivity contribution < 1.29 is 13.6 Å². The van der Waals surface area contributed by atoms with Crippen molar-refractivity contribution >= 4 is 33.4 Å². The van der Waals surface area contributed by atoms with Crippen LogP contribution in [-0.2, 0) is 0 Å². The number of hydrogen-bond acceptors (Lipinski definition) is 1. The number of nitrogens with one attached hydrogen (secondary N) is 1. The first-order chi connectivity index (χ1) is 9.16. The molecule has 2 nitrogen and oxygen atoms in total. The highest BCUT2D eigenvalue weighted by molar-refractivity contribution is 9.10. The molecule has 0 aliphatic rings. The average Bonchev–Trinajstić information content (AvgIpc) is 2.25. The molecule has 0 aliphatic heterocycles. The van der Waals surface area contributed by atoms with Gasteiger partial charge in [0.15, 0.2) is 0 Å². The molecule has 20 heavy (non-hydrogen) atoms. The Kier molecular flexibility index (Phi) is 5.95. The summed E-state index contributed by atoms with van der Waals surface area (Å²) in [6.07, 6.45) is 0.524. The summed E-state index contributed by atoms with van der Waals surface area (Å²) < 4.78 is 27.7.